The number of anilines is 2. The molecular weight excluding hydrogens is 248 g/mol. The Labute approximate surface area is 112 Å². The zero-order valence-electron chi connectivity index (χ0n) is 10.8. The van der Waals surface area contributed by atoms with Gasteiger partial charge in [0, 0.05) is 63.9 Å². The topological polar surface area (TPSA) is 47.5 Å². The Bertz CT molecular complexity index is 381. The second-order valence-corrected chi connectivity index (χ2v) is 5.63. The summed E-state index contributed by atoms with van der Waals surface area (Å²) in [5.74, 6) is 0.918. The number of rotatable bonds is 2. The van der Waals surface area contributed by atoms with Gasteiger partial charge in [-0.2, -0.15) is 9.36 Å². The zero-order chi connectivity index (χ0) is 12.4. The van der Waals surface area contributed by atoms with E-state index in [9.17, 15) is 0 Å². The molecule has 0 aliphatic carbocycles. The van der Waals surface area contributed by atoms with Crippen LogP contribution in [0.3, 0.4) is 0 Å². The lowest BCUT2D eigenvalue weighted by Gasteiger charge is -2.31. The summed E-state index contributed by atoms with van der Waals surface area (Å²) in [6, 6.07) is 0. The van der Waals surface area contributed by atoms with E-state index in [2.05, 4.69) is 31.4 Å². The molecule has 0 spiro atoms. The Hall–Kier alpha value is -0.920. The summed E-state index contributed by atoms with van der Waals surface area (Å²) in [7, 11) is 2.16. The van der Waals surface area contributed by atoms with Crippen LogP contribution in [-0.2, 0) is 0 Å². The van der Waals surface area contributed by atoms with Crippen LogP contribution >= 0.6 is 11.5 Å². The van der Waals surface area contributed by atoms with Gasteiger partial charge in [-0.05, 0) is 7.05 Å². The van der Waals surface area contributed by atoms with Crippen LogP contribution in [0.2, 0.25) is 0 Å². The molecule has 18 heavy (non-hydrogen) atoms. The SMILES string of the molecule is CN1CCN(c2nsc(N3CCNCC3)n2)CC1. The van der Waals surface area contributed by atoms with Gasteiger partial charge in [0.2, 0.25) is 11.1 Å². The van der Waals surface area contributed by atoms with E-state index >= 15 is 0 Å². The predicted octanol–water partition coefficient (Wildman–Crippen LogP) is -0.300. The zero-order valence-corrected chi connectivity index (χ0v) is 11.6. The van der Waals surface area contributed by atoms with E-state index < -0.39 is 0 Å². The highest BCUT2D eigenvalue weighted by molar-refractivity contribution is 7.09. The van der Waals surface area contributed by atoms with E-state index in [-0.39, 0.29) is 0 Å². The highest BCUT2D eigenvalue weighted by atomic mass is 32.1. The van der Waals surface area contributed by atoms with E-state index in [4.69, 9.17) is 4.98 Å². The van der Waals surface area contributed by atoms with Crippen LogP contribution in [-0.4, -0.2) is 73.7 Å². The van der Waals surface area contributed by atoms with Gasteiger partial charge in [-0.25, -0.2) is 0 Å². The first kappa shape index (κ1) is 12.1. The van der Waals surface area contributed by atoms with Crippen molar-refractivity contribution >= 4 is 22.6 Å². The van der Waals surface area contributed by atoms with Crippen molar-refractivity contribution in [1.29, 1.82) is 0 Å². The molecule has 0 radical (unpaired) electrons. The molecule has 0 bridgehead atoms. The fraction of sp³-hybridized carbons (Fsp3) is 0.818. The third kappa shape index (κ3) is 2.57. The Morgan fingerprint density at radius 1 is 1.00 bits per heavy atom. The normalized spacial score (nSPS) is 22.5. The first-order valence-corrected chi connectivity index (χ1v) is 7.33. The van der Waals surface area contributed by atoms with Crippen LogP contribution in [0.25, 0.3) is 0 Å². The van der Waals surface area contributed by atoms with E-state index in [0.717, 1.165) is 63.4 Å². The molecule has 3 heterocycles. The average Bonchev–Trinajstić information content (AvgIpc) is 2.90. The smallest absolute Gasteiger partial charge is 0.239 e. The van der Waals surface area contributed by atoms with Crippen LogP contribution in [0.1, 0.15) is 0 Å². The molecule has 3 rings (SSSR count). The summed E-state index contributed by atoms with van der Waals surface area (Å²) in [4.78, 5) is 11.7. The first-order chi connectivity index (χ1) is 8.83. The van der Waals surface area contributed by atoms with Gasteiger partial charge in [0.05, 0.1) is 0 Å². The number of hydrogen-bond acceptors (Lipinski definition) is 7. The highest BCUT2D eigenvalue weighted by Gasteiger charge is 2.20. The van der Waals surface area contributed by atoms with Crippen LogP contribution in [0, 0.1) is 0 Å². The average molecular weight is 268 g/mol. The molecule has 7 heteroatoms. The van der Waals surface area contributed by atoms with Gasteiger partial charge in [0.25, 0.3) is 0 Å². The van der Waals surface area contributed by atoms with E-state index in [0.29, 0.717) is 0 Å². The monoisotopic (exact) mass is 268 g/mol. The molecule has 2 aliphatic heterocycles. The van der Waals surface area contributed by atoms with Gasteiger partial charge in [-0.1, -0.05) is 0 Å². The highest BCUT2D eigenvalue weighted by Crippen LogP contribution is 2.22. The summed E-state index contributed by atoms with van der Waals surface area (Å²) in [5.41, 5.74) is 0. The molecule has 1 aromatic heterocycles. The first-order valence-electron chi connectivity index (χ1n) is 6.56. The van der Waals surface area contributed by atoms with Crippen molar-refractivity contribution in [3.8, 4) is 0 Å². The number of nitrogens with one attached hydrogen (secondary N) is 1. The molecule has 0 unspecified atom stereocenters. The molecule has 1 aromatic rings. The third-order valence-corrected chi connectivity index (χ3v) is 4.35. The van der Waals surface area contributed by atoms with Gasteiger partial charge in [-0.3, -0.25) is 0 Å². The fourth-order valence-corrected chi connectivity index (χ4v) is 3.07. The second kappa shape index (κ2) is 5.38. The standard InChI is InChI=1S/C11H20N6S/c1-15-6-8-16(9-7-15)10-13-11(18-14-10)17-4-2-12-3-5-17/h12H,2-9H2,1H3. The number of hydrogen-bond donors (Lipinski definition) is 1. The molecule has 2 saturated heterocycles. The van der Waals surface area contributed by atoms with Gasteiger partial charge in [0.1, 0.15) is 0 Å². The lowest BCUT2D eigenvalue weighted by molar-refractivity contribution is 0.311. The lowest BCUT2D eigenvalue weighted by atomic mass is 10.3. The van der Waals surface area contributed by atoms with Crippen molar-refractivity contribution in [2.45, 2.75) is 0 Å². The second-order valence-electron chi connectivity index (χ2n) is 4.90. The number of aromatic nitrogens is 2. The Kier molecular flexibility index (Phi) is 3.62. The van der Waals surface area contributed by atoms with Gasteiger partial charge >= 0.3 is 0 Å². The molecule has 0 saturated carbocycles. The lowest BCUT2D eigenvalue weighted by Crippen LogP contribution is -2.45. The third-order valence-electron chi connectivity index (χ3n) is 3.58. The molecule has 100 valence electrons. The van der Waals surface area contributed by atoms with Crippen molar-refractivity contribution in [3.05, 3.63) is 0 Å². The van der Waals surface area contributed by atoms with Crippen molar-refractivity contribution < 1.29 is 0 Å². The summed E-state index contributed by atoms with van der Waals surface area (Å²) >= 11 is 1.53. The maximum absolute atomic E-state index is 4.70. The molecule has 0 amide bonds. The molecule has 6 nitrogen and oxygen atoms in total. The van der Waals surface area contributed by atoms with Crippen LogP contribution in [0.5, 0.6) is 0 Å². The molecule has 0 atom stereocenters. The maximum atomic E-state index is 4.70. The maximum Gasteiger partial charge on any atom is 0.239 e. The summed E-state index contributed by atoms with van der Waals surface area (Å²) < 4.78 is 4.52. The van der Waals surface area contributed by atoms with E-state index in [1.807, 2.05) is 0 Å². The number of likely N-dealkylation sites (N-methyl/N-ethyl adjacent to an activating group) is 1. The number of nitrogens with zero attached hydrogens (tertiary/aromatic N) is 5. The number of piperazine rings is 2. The molecular formula is C11H20N6S. The molecule has 2 fully saturated rings. The Morgan fingerprint density at radius 3 is 2.44 bits per heavy atom. The van der Waals surface area contributed by atoms with Crippen molar-refractivity contribution in [2.24, 2.45) is 0 Å². The largest absolute Gasteiger partial charge is 0.344 e. The van der Waals surface area contributed by atoms with Gasteiger partial charge in [-0.15, -0.1) is 0 Å². The van der Waals surface area contributed by atoms with Crippen LogP contribution < -0.4 is 15.1 Å². The quantitative estimate of drug-likeness (QED) is 0.795. The Morgan fingerprint density at radius 2 is 1.72 bits per heavy atom. The summed E-state index contributed by atoms with van der Waals surface area (Å²) in [6.45, 7) is 8.44. The minimum Gasteiger partial charge on any atom is -0.344 e. The molecule has 1 N–H and O–H groups in total. The van der Waals surface area contributed by atoms with E-state index in [1.165, 1.54) is 11.5 Å². The molecule has 2 aliphatic rings. The summed E-state index contributed by atoms with van der Waals surface area (Å²) in [5, 5.41) is 4.43. The van der Waals surface area contributed by atoms with Crippen molar-refractivity contribution in [1.82, 2.24) is 19.6 Å². The Balaban J connectivity index is 1.65. The van der Waals surface area contributed by atoms with Gasteiger partial charge in [0.15, 0.2) is 0 Å². The fourth-order valence-electron chi connectivity index (χ4n) is 2.33. The minimum atomic E-state index is 0.918. The van der Waals surface area contributed by atoms with Crippen LogP contribution in [0.15, 0.2) is 0 Å². The van der Waals surface area contributed by atoms with Crippen molar-refractivity contribution in [2.75, 3.05) is 69.2 Å². The predicted molar refractivity (Wildman–Crippen MR) is 74.7 cm³/mol. The van der Waals surface area contributed by atoms with Crippen LogP contribution in [0.4, 0.5) is 11.1 Å². The van der Waals surface area contributed by atoms with E-state index in [1.54, 1.807) is 0 Å². The summed E-state index contributed by atoms with van der Waals surface area (Å²) in [6.07, 6.45) is 0. The van der Waals surface area contributed by atoms with Gasteiger partial charge < -0.3 is 20.0 Å². The van der Waals surface area contributed by atoms with Crippen molar-refractivity contribution in [3.63, 3.8) is 0 Å². The molecule has 0 aromatic carbocycles. The minimum absolute atomic E-state index is 0.918.